The van der Waals surface area contributed by atoms with Gasteiger partial charge >= 0.3 is 6.18 Å². The van der Waals surface area contributed by atoms with E-state index < -0.39 is 17.6 Å². The average molecular weight is 401 g/mol. The van der Waals surface area contributed by atoms with Gasteiger partial charge in [-0.2, -0.15) is 13.2 Å². The molecule has 0 bridgehead atoms. The number of carbonyl (C=O) groups is 1. The maximum Gasteiger partial charge on any atom is 0.416 e. The smallest absolute Gasteiger partial charge is 0.345 e. The first-order chi connectivity index (χ1) is 13.7. The van der Waals surface area contributed by atoms with Crippen LogP contribution in [-0.2, 0) is 6.18 Å². The fourth-order valence-corrected chi connectivity index (χ4v) is 3.20. The van der Waals surface area contributed by atoms with Crippen LogP contribution in [0.15, 0.2) is 61.2 Å². The van der Waals surface area contributed by atoms with Crippen molar-refractivity contribution in [3.05, 3.63) is 83.4 Å². The van der Waals surface area contributed by atoms with Crippen molar-refractivity contribution in [3.63, 3.8) is 0 Å². The van der Waals surface area contributed by atoms with Gasteiger partial charge in [0, 0.05) is 23.6 Å². The van der Waals surface area contributed by atoms with Crippen LogP contribution in [0.3, 0.4) is 0 Å². The minimum atomic E-state index is -4.50. The number of nitrogens with one attached hydrogen (secondary N) is 1. The van der Waals surface area contributed by atoms with Crippen molar-refractivity contribution in [2.75, 3.05) is 0 Å². The topological polar surface area (TPSA) is 46.9 Å². The Hall–Kier alpha value is -3.09. The lowest BCUT2D eigenvalue weighted by Gasteiger charge is -2.24. The van der Waals surface area contributed by atoms with E-state index in [1.807, 2.05) is 49.7 Å². The summed E-state index contributed by atoms with van der Waals surface area (Å²) in [6, 6.07) is 9.93. The summed E-state index contributed by atoms with van der Waals surface area (Å²) in [6.07, 6.45) is 0.710. The molecule has 0 saturated heterocycles. The summed E-state index contributed by atoms with van der Waals surface area (Å²) in [5.74, 6) is -0.511. The number of nitrogens with zero attached hydrogens (tertiary/aromatic N) is 2. The number of alkyl halides is 3. The summed E-state index contributed by atoms with van der Waals surface area (Å²) in [4.78, 5) is 16.8. The highest BCUT2D eigenvalue weighted by atomic mass is 19.4. The van der Waals surface area contributed by atoms with Crippen LogP contribution in [0, 0.1) is 12.8 Å². The van der Waals surface area contributed by atoms with Crippen molar-refractivity contribution in [2.45, 2.75) is 33.0 Å². The number of hydrogen-bond donors (Lipinski definition) is 1. The van der Waals surface area contributed by atoms with Gasteiger partial charge in [0.1, 0.15) is 0 Å². The van der Waals surface area contributed by atoms with E-state index in [1.54, 1.807) is 12.5 Å². The molecule has 0 aliphatic rings. The van der Waals surface area contributed by atoms with Gasteiger partial charge in [0.05, 0.1) is 17.9 Å². The van der Waals surface area contributed by atoms with E-state index in [0.717, 1.165) is 28.9 Å². The normalized spacial score (nSPS) is 12.8. The van der Waals surface area contributed by atoms with Crippen molar-refractivity contribution in [1.82, 2.24) is 14.9 Å². The maximum absolute atomic E-state index is 13.0. The minimum Gasteiger partial charge on any atom is -0.345 e. The lowest BCUT2D eigenvalue weighted by molar-refractivity contribution is -0.137. The van der Waals surface area contributed by atoms with Gasteiger partial charge in [-0.05, 0) is 48.2 Å². The second-order valence-corrected chi connectivity index (χ2v) is 7.29. The molecule has 1 amide bonds. The molecule has 152 valence electrons. The third kappa shape index (κ3) is 4.67. The average Bonchev–Trinajstić information content (AvgIpc) is 3.20. The van der Waals surface area contributed by atoms with Gasteiger partial charge in [0.25, 0.3) is 5.91 Å². The Morgan fingerprint density at radius 3 is 2.52 bits per heavy atom. The minimum absolute atomic E-state index is 0.0209. The van der Waals surface area contributed by atoms with Gasteiger partial charge < -0.3 is 9.88 Å². The number of imidazole rings is 1. The van der Waals surface area contributed by atoms with Crippen molar-refractivity contribution >= 4 is 5.91 Å². The van der Waals surface area contributed by atoms with Crippen molar-refractivity contribution in [1.29, 1.82) is 0 Å². The molecule has 3 rings (SSSR count). The molecular weight excluding hydrogens is 379 g/mol. The largest absolute Gasteiger partial charge is 0.416 e. The zero-order chi connectivity index (χ0) is 21.2. The monoisotopic (exact) mass is 401 g/mol. The van der Waals surface area contributed by atoms with Crippen LogP contribution in [0.1, 0.15) is 46.9 Å². The molecule has 1 heterocycles. The second kappa shape index (κ2) is 8.11. The van der Waals surface area contributed by atoms with Gasteiger partial charge in [0.2, 0.25) is 0 Å². The Kier molecular flexibility index (Phi) is 5.77. The van der Waals surface area contributed by atoms with E-state index in [9.17, 15) is 18.0 Å². The molecule has 3 aromatic rings. The summed E-state index contributed by atoms with van der Waals surface area (Å²) in [7, 11) is 0. The predicted octanol–water partition coefficient (Wildman–Crippen LogP) is 5.33. The zero-order valence-electron chi connectivity index (χ0n) is 16.4. The predicted molar refractivity (Wildman–Crippen MR) is 105 cm³/mol. The van der Waals surface area contributed by atoms with E-state index in [1.165, 1.54) is 12.1 Å². The van der Waals surface area contributed by atoms with E-state index in [0.29, 0.717) is 0 Å². The second-order valence-electron chi connectivity index (χ2n) is 7.29. The summed E-state index contributed by atoms with van der Waals surface area (Å²) < 4.78 is 40.8. The lowest BCUT2D eigenvalue weighted by Crippen LogP contribution is -2.32. The molecule has 1 atom stereocenters. The standard InChI is InChI=1S/C22H22F3N3O/c1-14(2)20(16-8-7-15(3)19(12-16)28-10-9-26-13-28)27-21(29)17-5-4-6-18(11-17)22(23,24)25/h4-14,20H,1-3H3,(H,27,29)/t20-/m0/s1. The first-order valence-electron chi connectivity index (χ1n) is 9.24. The molecule has 0 aliphatic heterocycles. The highest BCUT2D eigenvalue weighted by molar-refractivity contribution is 5.94. The maximum atomic E-state index is 13.0. The Labute approximate surface area is 167 Å². The Morgan fingerprint density at radius 1 is 1.14 bits per heavy atom. The molecule has 29 heavy (non-hydrogen) atoms. The summed E-state index contributed by atoms with van der Waals surface area (Å²) in [5.41, 5.74) is 1.98. The van der Waals surface area contributed by atoms with Gasteiger partial charge in [-0.15, -0.1) is 0 Å². The fourth-order valence-electron chi connectivity index (χ4n) is 3.20. The zero-order valence-corrected chi connectivity index (χ0v) is 16.4. The number of rotatable bonds is 5. The SMILES string of the molecule is Cc1ccc([C@@H](NC(=O)c2cccc(C(F)(F)F)c2)C(C)C)cc1-n1ccnc1. The first-order valence-corrected chi connectivity index (χ1v) is 9.24. The number of amides is 1. The van der Waals surface area contributed by atoms with E-state index in [-0.39, 0.29) is 17.5 Å². The molecule has 1 aromatic heterocycles. The number of aromatic nitrogens is 2. The number of carbonyl (C=O) groups excluding carboxylic acids is 1. The van der Waals surface area contributed by atoms with Crippen LogP contribution in [0.5, 0.6) is 0 Å². The van der Waals surface area contributed by atoms with Gasteiger partial charge in [0.15, 0.2) is 0 Å². The van der Waals surface area contributed by atoms with E-state index in [2.05, 4.69) is 10.3 Å². The molecule has 0 saturated carbocycles. The quantitative estimate of drug-likeness (QED) is 0.628. The van der Waals surface area contributed by atoms with Crippen molar-refractivity contribution in [2.24, 2.45) is 5.92 Å². The van der Waals surface area contributed by atoms with Gasteiger partial charge in [-0.3, -0.25) is 4.79 Å². The lowest BCUT2D eigenvalue weighted by atomic mass is 9.94. The Morgan fingerprint density at radius 2 is 1.90 bits per heavy atom. The highest BCUT2D eigenvalue weighted by Crippen LogP contribution is 2.30. The molecule has 0 radical (unpaired) electrons. The van der Waals surface area contributed by atoms with Crippen LogP contribution in [0.25, 0.3) is 5.69 Å². The fraction of sp³-hybridized carbons (Fsp3) is 0.273. The highest BCUT2D eigenvalue weighted by Gasteiger charge is 2.31. The molecule has 0 fully saturated rings. The van der Waals surface area contributed by atoms with Gasteiger partial charge in [-0.25, -0.2) is 4.98 Å². The Bertz CT molecular complexity index is 995. The van der Waals surface area contributed by atoms with Crippen LogP contribution < -0.4 is 5.32 Å². The number of hydrogen-bond acceptors (Lipinski definition) is 2. The third-order valence-electron chi connectivity index (χ3n) is 4.78. The number of benzene rings is 2. The summed E-state index contributed by atoms with van der Waals surface area (Å²) in [5, 5.41) is 2.89. The van der Waals surface area contributed by atoms with Gasteiger partial charge in [-0.1, -0.05) is 32.0 Å². The molecule has 4 nitrogen and oxygen atoms in total. The van der Waals surface area contributed by atoms with Crippen molar-refractivity contribution in [3.8, 4) is 5.69 Å². The number of aryl methyl sites for hydroxylation is 1. The van der Waals surface area contributed by atoms with Crippen LogP contribution >= 0.6 is 0 Å². The molecular formula is C22H22F3N3O. The molecule has 0 spiro atoms. The van der Waals surface area contributed by atoms with Crippen LogP contribution in [0.4, 0.5) is 13.2 Å². The Balaban J connectivity index is 1.90. The van der Waals surface area contributed by atoms with Crippen LogP contribution in [-0.4, -0.2) is 15.5 Å². The summed E-state index contributed by atoms with van der Waals surface area (Å²) in [6.45, 7) is 5.88. The third-order valence-corrected chi connectivity index (χ3v) is 4.78. The summed E-state index contributed by atoms with van der Waals surface area (Å²) >= 11 is 0. The van der Waals surface area contributed by atoms with E-state index in [4.69, 9.17) is 0 Å². The molecule has 7 heteroatoms. The molecule has 0 unspecified atom stereocenters. The van der Waals surface area contributed by atoms with Crippen molar-refractivity contribution < 1.29 is 18.0 Å². The first kappa shape index (κ1) is 20.6. The number of halogens is 3. The molecule has 1 N–H and O–H groups in total. The molecule has 2 aromatic carbocycles. The van der Waals surface area contributed by atoms with Crippen LogP contribution in [0.2, 0.25) is 0 Å². The molecule has 0 aliphatic carbocycles. The van der Waals surface area contributed by atoms with E-state index >= 15 is 0 Å².